The summed E-state index contributed by atoms with van der Waals surface area (Å²) in [6, 6.07) is 5.94. The summed E-state index contributed by atoms with van der Waals surface area (Å²) in [5.41, 5.74) is 0.231. The van der Waals surface area contributed by atoms with Crippen molar-refractivity contribution in [2.45, 2.75) is 74.1 Å². The molecule has 0 spiro atoms. The third kappa shape index (κ3) is 3.16. The van der Waals surface area contributed by atoms with E-state index in [0.29, 0.717) is 19.4 Å². The van der Waals surface area contributed by atoms with E-state index in [-0.39, 0.29) is 17.2 Å². The number of ether oxygens (including phenoxy) is 1. The fourth-order valence-corrected chi connectivity index (χ4v) is 6.31. The number of nitrogens with zero attached hydrogens (tertiary/aromatic N) is 1. The van der Waals surface area contributed by atoms with Crippen LogP contribution in [0.3, 0.4) is 0 Å². The minimum Gasteiger partial charge on any atom is -0.548 e. The van der Waals surface area contributed by atoms with Gasteiger partial charge >= 0.3 is 0 Å². The third-order valence-electron chi connectivity index (χ3n) is 6.45. The van der Waals surface area contributed by atoms with Crippen LogP contribution in [0.25, 0.3) is 0 Å². The number of hydrogen-bond donors (Lipinski definition) is 1. The first-order valence-electron chi connectivity index (χ1n) is 10.5. The Balaban J connectivity index is 1.51. The predicted molar refractivity (Wildman–Crippen MR) is 111 cm³/mol. The van der Waals surface area contributed by atoms with Crippen LogP contribution in [0.1, 0.15) is 52.0 Å². The van der Waals surface area contributed by atoms with Crippen molar-refractivity contribution >= 4 is 29.5 Å². The summed E-state index contributed by atoms with van der Waals surface area (Å²) < 4.78 is 5.06. The zero-order valence-corrected chi connectivity index (χ0v) is 18.3. The van der Waals surface area contributed by atoms with Crippen LogP contribution in [0, 0.1) is 0 Å². The molecule has 30 heavy (non-hydrogen) atoms. The zero-order valence-electron chi connectivity index (χ0n) is 17.5. The van der Waals surface area contributed by atoms with Crippen LogP contribution in [0.15, 0.2) is 24.3 Å². The first-order chi connectivity index (χ1) is 14.2. The van der Waals surface area contributed by atoms with Crippen molar-refractivity contribution in [3.8, 4) is 5.75 Å². The number of carboxylic acid groups (broad SMARTS) is 1. The van der Waals surface area contributed by atoms with Gasteiger partial charge in [0.1, 0.15) is 17.2 Å². The molecule has 4 rings (SSSR count). The molecule has 2 saturated heterocycles. The van der Waals surface area contributed by atoms with Crippen LogP contribution < -0.4 is 15.2 Å². The smallest absolute Gasteiger partial charge is 0.249 e. The van der Waals surface area contributed by atoms with E-state index >= 15 is 0 Å². The summed E-state index contributed by atoms with van der Waals surface area (Å²) in [5.74, 6) is -1.04. The fraction of sp³-hybridized carbons (Fsp3) is 0.591. The molecule has 3 atom stereocenters. The summed E-state index contributed by atoms with van der Waals surface area (Å²) in [6.45, 7) is 6.23. The highest BCUT2D eigenvalue weighted by molar-refractivity contribution is 8.01. The maximum Gasteiger partial charge on any atom is 0.249 e. The molecule has 0 radical (unpaired) electrons. The van der Waals surface area contributed by atoms with E-state index < -0.39 is 28.2 Å². The van der Waals surface area contributed by atoms with E-state index in [4.69, 9.17) is 4.74 Å². The molecule has 0 bridgehead atoms. The van der Waals surface area contributed by atoms with Gasteiger partial charge in [0.25, 0.3) is 0 Å². The van der Waals surface area contributed by atoms with Gasteiger partial charge in [-0.1, -0.05) is 25.5 Å². The van der Waals surface area contributed by atoms with E-state index in [1.54, 1.807) is 13.8 Å². The molecule has 1 aliphatic carbocycles. The second-order valence-electron chi connectivity index (χ2n) is 8.84. The molecule has 3 aliphatic rings. The molecule has 1 saturated carbocycles. The number of fused-ring (bicyclic) bond motifs is 1. The summed E-state index contributed by atoms with van der Waals surface area (Å²) >= 11 is 1.40. The molecule has 2 aliphatic heterocycles. The molecule has 1 aromatic rings. The lowest BCUT2D eigenvalue weighted by molar-refractivity contribution is -0.312. The summed E-state index contributed by atoms with van der Waals surface area (Å²) in [7, 11) is 0. The molecular weight excluding hydrogens is 404 g/mol. The molecule has 1 N–H and O–H groups in total. The molecule has 2 heterocycles. The van der Waals surface area contributed by atoms with Gasteiger partial charge in [-0.3, -0.25) is 9.59 Å². The fourth-order valence-electron chi connectivity index (χ4n) is 4.69. The highest BCUT2D eigenvalue weighted by Crippen LogP contribution is 2.51. The third-order valence-corrected chi connectivity index (χ3v) is 8.02. The SMILES string of the molecule is CCCOc1cccc(C2(C(=O)NC3C(=O)N4C3SC(C)(C)C4C(=O)[O-])CCC2)c1. The average molecular weight is 432 g/mol. The van der Waals surface area contributed by atoms with E-state index in [2.05, 4.69) is 5.32 Å². The quantitative estimate of drug-likeness (QED) is 0.652. The molecule has 3 fully saturated rings. The van der Waals surface area contributed by atoms with Crippen molar-refractivity contribution in [1.29, 1.82) is 0 Å². The van der Waals surface area contributed by atoms with Crippen LogP contribution >= 0.6 is 11.8 Å². The minimum absolute atomic E-state index is 0.172. The summed E-state index contributed by atoms with van der Waals surface area (Å²) in [5, 5.41) is 14.1. The minimum atomic E-state index is -1.26. The number of carbonyl (C=O) groups excluding carboxylic acids is 3. The van der Waals surface area contributed by atoms with Crippen molar-refractivity contribution in [2.24, 2.45) is 0 Å². The molecule has 2 amide bonds. The largest absolute Gasteiger partial charge is 0.548 e. The number of carboxylic acids is 1. The molecule has 3 unspecified atom stereocenters. The predicted octanol–water partition coefficient (Wildman–Crippen LogP) is 1.19. The summed E-state index contributed by atoms with van der Waals surface area (Å²) in [4.78, 5) is 39.0. The van der Waals surface area contributed by atoms with Crippen LogP contribution in [-0.2, 0) is 19.8 Å². The normalized spacial score (nSPS) is 28.2. The summed E-state index contributed by atoms with van der Waals surface area (Å²) in [6.07, 6.45) is 3.27. The molecular formula is C22H27N2O5S-. The Morgan fingerprint density at radius 3 is 2.67 bits per heavy atom. The van der Waals surface area contributed by atoms with Crippen LogP contribution in [-0.4, -0.2) is 51.5 Å². The Bertz CT molecular complexity index is 882. The van der Waals surface area contributed by atoms with Crippen molar-refractivity contribution < 1.29 is 24.2 Å². The van der Waals surface area contributed by atoms with Gasteiger partial charge in [-0.2, -0.15) is 0 Å². The molecule has 8 heteroatoms. The van der Waals surface area contributed by atoms with Gasteiger partial charge < -0.3 is 24.9 Å². The Morgan fingerprint density at radius 1 is 1.33 bits per heavy atom. The number of amides is 2. The highest BCUT2D eigenvalue weighted by atomic mass is 32.2. The number of hydrogen-bond acceptors (Lipinski definition) is 6. The zero-order chi connectivity index (χ0) is 21.7. The van der Waals surface area contributed by atoms with Crippen molar-refractivity contribution in [2.75, 3.05) is 6.61 Å². The Hall–Kier alpha value is -2.22. The lowest BCUT2D eigenvalue weighted by atomic mass is 9.63. The number of β-lactam (4-membered cyclic amide) rings is 1. The van der Waals surface area contributed by atoms with Crippen molar-refractivity contribution in [3.05, 3.63) is 29.8 Å². The number of thioether (sulfide) groups is 1. The van der Waals surface area contributed by atoms with Gasteiger partial charge in [-0.15, -0.1) is 11.8 Å². The Kier molecular flexibility index (Phi) is 5.24. The number of aliphatic carboxylic acids is 1. The maximum atomic E-state index is 13.3. The lowest BCUT2D eigenvalue weighted by Gasteiger charge is -2.48. The van der Waals surface area contributed by atoms with Gasteiger partial charge in [0, 0.05) is 4.75 Å². The monoisotopic (exact) mass is 431 g/mol. The van der Waals surface area contributed by atoms with Gasteiger partial charge in [-0.25, -0.2) is 0 Å². The first kappa shape index (κ1) is 21.0. The van der Waals surface area contributed by atoms with Gasteiger partial charge in [0.2, 0.25) is 11.8 Å². The van der Waals surface area contributed by atoms with Crippen LogP contribution in [0.4, 0.5) is 0 Å². The Labute approximate surface area is 180 Å². The second-order valence-corrected chi connectivity index (χ2v) is 10.6. The van der Waals surface area contributed by atoms with Gasteiger partial charge in [0.05, 0.1) is 24.0 Å². The maximum absolute atomic E-state index is 13.3. The molecule has 7 nitrogen and oxygen atoms in total. The molecule has 0 aromatic heterocycles. The number of benzene rings is 1. The van der Waals surface area contributed by atoms with E-state index in [1.165, 1.54) is 16.7 Å². The van der Waals surface area contributed by atoms with E-state index in [1.807, 2.05) is 31.2 Å². The molecule has 162 valence electrons. The number of nitrogens with one attached hydrogen (secondary N) is 1. The van der Waals surface area contributed by atoms with Crippen molar-refractivity contribution in [1.82, 2.24) is 10.2 Å². The van der Waals surface area contributed by atoms with Gasteiger partial charge in [-0.05, 0) is 50.8 Å². The first-order valence-corrected chi connectivity index (χ1v) is 11.3. The van der Waals surface area contributed by atoms with E-state index in [0.717, 1.165) is 24.2 Å². The lowest BCUT2D eigenvalue weighted by Crippen LogP contribution is -2.73. The number of carbonyl (C=O) groups is 3. The van der Waals surface area contributed by atoms with E-state index in [9.17, 15) is 19.5 Å². The topological polar surface area (TPSA) is 98.8 Å². The molecule has 1 aromatic carbocycles. The standard InChI is InChI=1S/C22H28N2O5S/c1-4-11-29-14-8-5-7-13(12-14)22(9-6-10-22)20(28)23-15-17(25)24-16(19(26)27)21(2,3)30-18(15)24/h5,7-8,12,15-16,18H,4,6,9-11H2,1-3H3,(H,23,28)(H,26,27)/p-1. The Morgan fingerprint density at radius 2 is 2.07 bits per heavy atom. The van der Waals surface area contributed by atoms with Crippen LogP contribution in [0.5, 0.6) is 5.75 Å². The average Bonchev–Trinajstić information content (AvgIpc) is 2.92. The van der Waals surface area contributed by atoms with Gasteiger partial charge in [0.15, 0.2) is 0 Å². The van der Waals surface area contributed by atoms with Crippen LogP contribution in [0.2, 0.25) is 0 Å². The number of rotatable bonds is 7. The van der Waals surface area contributed by atoms with Crippen molar-refractivity contribution in [3.63, 3.8) is 0 Å². The second kappa shape index (κ2) is 7.48. The highest BCUT2D eigenvalue weighted by Gasteiger charge is 2.63.